The number of ether oxygens (including phenoxy) is 1. The van der Waals surface area contributed by atoms with Gasteiger partial charge in [0.1, 0.15) is 5.75 Å². The molecule has 3 nitrogen and oxygen atoms in total. The maximum Gasteiger partial charge on any atom is 0.255 e. The summed E-state index contributed by atoms with van der Waals surface area (Å²) in [5, 5.41) is 0. The second-order valence-corrected chi connectivity index (χ2v) is 11.1. The van der Waals surface area contributed by atoms with E-state index in [1.54, 1.807) is 18.1 Å². The summed E-state index contributed by atoms with van der Waals surface area (Å²) >= 11 is 0. The molecule has 20 heavy (non-hydrogen) atoms. The van der Waals surface area contributed by atoms with Crippen LogP contribution in [0.3, 0.4) is 0 Å². The molecule has 0 unspecified atom stereocenters. The molecule has 0 fully saturated rings. The maximum absolute atomic E-state index is 12.3. The topological polar surface area (TPSA) is 29.5 Å². The number of nitrogens with zero attached hydrogens (tertiary/aromatic N) is 1. The second-order valence-electron chi connectivity index (χ2n) is 6.10. The molecule has 0 atom stereocenters. The molecular weight excluding hydrogens is 266 g/mol. The highest BCUT2D eigenvalue weighted by Crippen LogP contribution is 2.32. The molecule has 0 radical (unpaired) electrons. The van der Waals surface area contributed by atoms with Crippen molar-refractivity contribution in [2.24, 2.45) is 0 Å². The van der Waals surface area contributed by atoms with E-state index >= 15 is 0 Å². The van der Waals surface area contributed by atoms with Crippen molar-refractivity contribution < 1.29 is 9.53 Å². The van der Waals surface area contributed by atoms with E-state index in [0.717, 1.165) is 22.7 Å². The molecule has 106 valence electrons. The van der Waals surface area contributed by atoms with Gasteiger partial charge in [0, 0.05) is 17.8 Å². The van der Waals surface area contributed by atoms with Gasteiger partial charge in [-0.05, 0) is 24.6 Å². The predicted molar refractivity (Wildman–Crippen MR) is 85.7 cm³/mol. The predicted octanol–water partition coefficient (Wildman–Crippen LogP) is 3.75. The lowest BCUT2D eigenvalue weighted by Gasteiger charge is -2.23. The quantitative estimate of drug-likeness (QED) is 0.792. The molecule has 0 aromatic heterocycles. The Bertz CT molecular complexity index is 597. The van der Waals surface area contributed by atoms with Gasteiger partial charge in [-0.2, -0.15) is 0 Å². The summed E-state index contributed by atoms with van der Waals surface area (Å²) in [5.74, 6) is 0.771. The standard InChI is InChI=1S/C16H21NO2Si/c1-12-9-16(18)17(15(12)11-20(3,4)5)13-7-6-8-14(10-13)19-2/h6-11H,1-5H3/b15-11-. The van der Waals surface area contributed by atoms with E-state index in [4.69, 9.17) is 4.74 Å². The van der Waals surface area contributed by atoms with Gasteiger partial charge in [0.05, 0.1) is 20.9 Å². The fourth-order valence-corrected chi connectivity index (χ4v) is 3.40. The normalized spacial score (nSPS) is 17.6. The van der Waals surface area contributed by atoms with Gasteiger partial charge in [-0.1, -0.05) is 31.4 Å². The van der Waals surface area contributed by atoms with Crippen molar-refractivity contribution in [2.45, 2.75) is 26.6 Å². The Balaban J connectivity index is 2.48. The lowest BCUT2D eigenvalue weighted by atomic mass is 10.2. The van der Waals surface area contributed by atoms with Crippen molar-refractivity contribution in [1.29, 1.82) is 0 Å². The highest BCUT2D eigenvalue weighted by molar-refractivity contribution is 6.81. The van der Waals surface area contributed by atoms with Crippen LogP contribution in [0.4, 0.5) is 5.69 Å². The lowest BCUT2D eigenvalue weighted by Crippen LogP contribution is -2.27. The minimum Gasteiger partial charge on any atom is -0.497 e. The molecule has 1 aromatic carbocycles. The first-order valence-corrected chi connectivity index (χ1v) is 10.3. The number of hydrogen-bond acceptors (Lipinski definition) is 2. The smallest absolute Gasteiger partial charge is 0.255 e. The zero-order chi connectivity index (χ0) is 14.9. The van der Waals surface area contributed by atoms with E-state index in [1.165, 1.54) is 0 Å². The first kappa shape index (κ1) is 14.6. The molecule has 0 spiro atoms. The van der Waals surface area contributed by atoms with Crippen LogP contribution in [-0.4, -0.2) is 21.1 Å². The highest BCUT2D eigenvalue weighted by atomic mass is 28.3. The van der Waals surface area contributed by atoms with Crippen LogP contribution in [0.5, 0.6) is 5.75 Å². The van der Waals surface area contributed by atoms with Crippen molar-refractivity contribution in [1.82, 2.24) is 0 Å². The summed E-state index contributed by atoms with van der Waals surface area (Å²) in [5.41, 5.74) is 5.16. The number of carbonyl (C=O) groups is 1. The number of carbonyl (C=O) groups excluding carboxylic acids is 1. The van der Waals surface area contributed by atoms with Crippen molar-refractivity contribution in [3.63, 3.8) is 0 Å². The molecule has 4 heteroatoms. The fraction of sp³-hybridized carbons (Fsp3) is 0.312. The van der Waals surface area contributed by atoms with Crippen LogP contribution in [0.25, 0.3) is 0 Å². The van der Waals surface area contributed by atoms with Gasteiger partial charge < -0.3 is 4.74 Å². The summed E-state index contributed by atoms with van der Waals surface area (Å²) in [6.07, 6.45) is 1.70. The molecule has 0 saturated heterocycles. The van der Waals surface area contributed by atoms with Crippen molar-refractivity contribution in [3.05, 3.63) is 47.3 Å². The van der Waals surface area contributed by atoms with Crippen molar-refractivity contribution in [3.8, 4) is 5.75 Å². The molecule has 1 aliphatic rings. The molecule has 0 aliphatic carbocycles. The fourth-order valence-electron chi connectivity index (χ4n) is 2.22. The Morgan fingerprint density at radius 2 is 1.95 bits per heavy atom. The van der Waals surface area contributed by atoms with Gasteiger partial charge in [-0.15, -0.1) is 0 Å². The van der Waals surface area contributed by atoms with E-state index in [-0.39, 0.29) is 5.91 Å². The monoisotopic (exact) mass is 287 g/mol. The van der Waals surface area contributed by atoms with Gasteiger partial charge in [0.25, 0.3) is 5.91 Å². The zero-order valence-electron chi connectivity index (χ0n) is 12.7. The van der Waals surface area contributed by atoms with Crippen LogP contribution in [0.2, 0.25) is 19.6 Å². The molecule has 1 amide bonds. The molecule has 0 saturated carbocycles. The van der Waals surface area contributed by atoms with Crippen molar-refractivity contribution in [2.75, 3.05) is 12.0 Å². The van der Waals surface area contributed by atoms with Crippen molar-refractivity contribution >= 4 is 19.7 Å². The van der Waals surface area contributed by atoms with E-state index in [1.807, 2.05) is 31.2 Å². The average Bonchev–Trinajstić information content (AvgIpc) is 2.62. The summed E-state index contributed by atoms with van der Waals surface area (Å²) in [4.78, 5) is 14.0. The van der Waals surface area contributed by atoms with E-state index in [9.17, 15) is 4.79 Å². The molecule has 1 heterocycles. The number of rotatable bonds is 3. The Hall–Kier alpha value is -1.81. The number of hydrogen-bond donors (Lipinski definition) is 0. The SMILES string of the molecule is COc1cccc(N2C(=O)C=C(C)/C2=C/[Si](C)(C)C)c1. The molecule has 1 aromatic rings. The van der Waals surface area contributed by atoms with Crippen LogP contribution in [-0.2, 0) is 4.79 Å². The lowest BCUT2D eigenvalue weighted by molar-refractivity contribution is -0.113. The first-order chi connectivity index (χ1) is 9.31. The molecular formula is C16H21NO2Si. The molecule has 0 bridgehead atoms. The Kier molecular flexibility index (Phi) is 3.86. The number of methoxy groups -OCH3 is 1. The third-order valence-electron chi connectivity index (χ3n) is 3.09. The summed E-state index contributed by atoms with van der Waals surface area (Å²) in [7, 11) is 0.214. The number of anilines is 1. The maximum atomic E-state index is 12.3. The largest absolute Gasteiger partial charge is 0.497 e. The first-order valence-electron chi connectivity index (χ1n) is 6.71. The minimum atomic E-state index is -1.42. The van der Waals surface area contributed by atoms with E-state index in [2.05, 4.69) is 25.3 Å². The highest BCUT2D eigenvalue weighted by Gasteiger charge is 2.28. The summed E-state index contributed by atoms with van der Waals surface area (Å²) in [6, 6.07) is 7.61. The molecule has 0 N–H and O–H groups in total. The Morgan fingerprint density at radius 1 is 1.25 bits per heavy atom. The Labute approximate surface area is 121 Å². The van der Waals surface area contributed by atoms with Gasteiger partial charge >= 0.3 is 0 Å². The van der Waals surface area contributed by atoms with Gasteiger partial charge in [-0.25, -0.2) is 0 Å². The summed E-state index contributed by atoms with van der Waals surface area (Å²) < 4.78 is 5.25. The van der Waals surface area contributed by atoms with E-state index in [0.29, 0.717) is 0 Å². The molecule has 1 aliphatic heterocycles. The van der Waals surface area contributed by atoms with Gasteiger partial charge in [-0.3, -0.25) is 9.69 Å². The molecule has 2 rings (SSSR count). The number of allylic oxidation sites excluding steroid dienone is 1. The van der Waals surface area contributed by atoms with Gasteiger partial charge in [0.15, 0.2) is 0 Å². The van der Waals surface area contributed by atoms with Crippen LogP contribution >= 0.6 is 0 Å². The number of benzene rings is 1. The van der Waals surface area contributed by atoms with E-state index < -0.39 is 8.07 Å². The third-order valence-corrected chi connectivity index (χ3v) is 4.23. The summed E-state index contributed by atoms with van der Waals surface area (Å²) in [6.45, 7) is 8.78. The second kappa shape index (κ2) is 5.29. The Morgan fingerprint density at radius 3 is 2.55 bits per heavy atom. The van der Waals surface area contributed by atoms with Crippen LogP contribution in [0.15, 0.2) is 47.3 Å². The van der Waals surface area contributed by atoms with Crippen LogP contribution < -0.4 is 9.64 Å². The average molecular weight is 287 g/mol. The third kappa shape index (κ3) is 3.02. The zero-order valence-corrected chi connectivity index (χ0v) is 13.7. The van der Waals surface area contributed by atoms with Crippen LogP contribution in [0, 0.1) is 0 Å². The van der Waals surface area contributed by atoms with Crippen LogP contribution in [0.1, 0.15) is 6.92 Å². The van der Waals surface area contributed by atoms with Gasteiger partial charge in [0.2, 0.25) is 0 Å². The number of amides is 1. The minimum absolute atomic E-state index is 0.0141.